The second-order valence-corrected chi connectivity index (χ2v) is 14.1. The Balaban J connectivity index is 1.25. The zero-order valence-electron chi connectivity index (χ0n) is 24.4. The van der Waals surface area contributed by atoms with Gasteiger partial charge in [-0.3, -0.25) is 9.44 Å². The molecule has 0 aliphatic rings. The van der Waals surface area contributed by atoms with Crippen molar-refractivity contribution in [3.63, 3.8) is 0 Å². The van der Waals surface area contributed by atoms with Crippen molar-refractivity contribution in [2.75, 3.05) is 9.44 Å². The largest absolute Gasteiger partial charge is 0.478 e. The second kappa shape index (κ2) is 12.2. The number of fused-ring (bicyclic) bond motifs is 2. The van der Waals surface area contributed by atoms with Crippen LogP contribution in [0.1, 0.15) is 31.8 Å². The van der Waals surface area contributed by atoms with E-state index in [4.69, 9.17) is 0 Å². The Labute approximate surface area is 270 Å². The normalized spacial score (nSPS) is 11.7. The van der Waals surface area contributed by atoms with E-state index in [1.807, 2.05) is 24.3 Å². The van der Waals surface area contributed by atoms with Crippen molar-refractivity contribution in [3.05, 3.63) is 144 Å². The maximum Gasteiger partial charge on any atom is 0.337 e. The molecular weight excluding hydrogens is 641 g/mol. The summed E-state index contributed by atoms with van der Waals surface area (Å²) in [7, 11) is -8.27. The van der Waals surface area contributed by atoms with Gasteiger partial charge in [0.2, 0.25) is 0 Å². The van der Waals surface area contributed by atoms with Gasteiger partial charge in [-0.25, -0.2) is 26.4 Å². The molecule has 0 fully saturated rings. The maximum atomic E-state index is 13.2. The summed E-state index contributed by atoms with van der Waals surface area (Å²) in [6, 6.07) is 32.0. The van der Waals surface area contributed by atoms with Crippen molar-refractivity contribution in [3.8, 4) is 0 Å². The van der Waals surface area contributed by atoms with E-state index in [1.54, 1.807) is 36.4 Å². The molecule has 4 N–H and O–H groups in total. The first-order valence-electron chi connectivity index (χ1n) is 14.2. The van der Waals surface area contributed by atoms with Gasteiger partial charge in [0.05, 0.1) is 32.3 Å². The molecule has 0 amide bonds. The van der Waals surface area contributed by atoms with Crippen molar-refractivity contribution < 1.29 is 36.6 Å². The third-order valence-corrected chi connectivity index (χ3v) is 10.3. The molecular formula is C35H26N2O8S2. The molecule has 236 valence electrons. The zero-order valence-corrected chi connectivity index (χ0v) is 26.0. The van der Waals surface area contributed by atoms with E-state index in [0.29, 0.717) is 21.9 Å². The molecule has 0 bridgehead atoms. The highest BCUT2D eigenvalue weighted by Gasteiger charge is 2.22. The average molecular weight is 667 g/mol. The van der Waals surface area contributed by atoms with Crippen LogP contribution in [0.15, 0.2) is 131 Å². The maximum absolute atomic E-state index is 13.2. The average Bonchev–Trinajstić information content (AvgIpc) is 3.05. The quantitative estimate of drug-likeness (QED) is 0.127. The lowest BCUT2D eigenvalue weighted by atomic mass is 9.99. The smallest absolute Gasteiger partial charge is 0.337 e. The Morgan fingerprint density at radius 3 is 1.26 bits per heavy atom. The Hall–Kier alpha value is -5.72. The summed E-state index contributed by atoms with van der Waals surface area (Å²) < 4.78 is 57.4. The lowest BCUT2D eigenvalue weighted by molar-refractivity contribution is 0.0687. The van der Waals surface area contributed by atoms with Gasteiger partial charge in [0, 0.05) is 0 Å². The predicted octanol–water partition coefficient (Wildman–Crippen LogP) is 6.58. The molecule has 0 unspecified atom stereocenters. The van der Waals surface area contributed by atoms with Crippen LogP contribution in [0.5, 0.6) is 0 Å². The molecule has 6 rings (SSSR count). The Morgan fingerprint density at radius 2 is 0.872 bits per heavy atom. The van der Waals surface area contributed by atoms with Crippen molar-refractivity contribution in [1.82, 2.24) is 0 Å². The highest BCUT2D eigenvalue weighted by atomic mass is 32.2. The summed E-state index contributed by atoms with van der Waals surface area (Å²) in [5.41, 5.74) is 0.0297. The van der Waals surface area contributed by atoms with E-state index in [2.05, 4.69) is 9.44 Å². The Bertz CT molecular complexity index is 2270. The molecule has 0 heterocycles. The van der Waals surface area contributed by atoms with Gasteiger partial charge in [0.15, 0.2) is 0 Å². The lowest BCUT2D eigenvalue weighted by Crippen LogP contribution is -2.16. The van der Waals surface area contributed by atoms with Gasteiger partial charge >= 0.3 is 11.9 Å². The van der Waals surface area contributed by atoms with E-state index in [0.717, 1.165) is 10.8 Å². The molecule has 0 saturated carbocycles. The van der Waals surface area contributed by atoms with Crippen LogP contribution >= 0.6 is 0 Å². The van der Waals surface area contributed by atoms with Crippen molar-refractivity contribution in [1.29, 1.82) is 0 Å². The number of carboxylic acid groups (broad SMARTS) is 2. The van der Waals surface area contributed by atoms with E-state index in [1.165, 1.54) is 60.7 Å². The summed E-state index contributed by atoms with van der Waals surface area (Å²) in [6.45, 7) is 0. The number of carboxylic acids is 2. The minimum Gasteiger partial charge on any atom is -0.478 e. The number of carbonyl (C=O) groups is 2. The molecule has 0 aliphatic heterocycles. The van der Waals surface area contributed by atoms with Gasteiger partial charge in [-0.15, -0.1) is 0 Å². The van der Waals surface area contributed by atoms with E-state index in [-0.39, 0.29) is 38.7 Å². The van der Waals surface area contributed by atoms with Gasteiger partial charge in [-0.2, -0.15) is 0 Å². The van der Waals surface area contributed by atoms with Gasteiger partial charge in [-0.1, -0.05) is 72.8 Å². The molecule has 0 radical (unpaired) electrons. The van der Waals surface area contributed by atoms with Gasteiger partial charge in [-0.05, 0) is 87.6 Å². The van der Waals surface area contributed by atoms with Crippen molar-refractivity contribution >= 4 is 64.9 Å². The number of anilines is 2. The summed E-state index contributed by atoms with van der Waals surface area (Å²) in [5.74, 6) is -2.74. The fourth-order valence-corrected chi connectivity index (χ4v) is 7.48. The highest BCUT2D eigenvalue weighted by molar-refractivity contribution is 7.93. The molecule has 12 heteroatoms. The van der Waals surface area contributed by atoms with Crippen LogP contribution in [-0.2, 0) is 26.5 Å². The van der Waals surface area contributed by atoms with Crippen LogP contribution in [0.25, 0.3) is 21.5 Å². The zero-order chi connectivity index (χ0) is 33.3. The van der Waals surface area contributed by atoms with Gasteiger partial charge < -0.3 is 10.2 Å². The third-order valence-electron chi connectivity index (χ3n) is 7.59. The Morgan fingerprint density at radius 1 is 0.489 bits per heavy atom. The number of sulfonamides is 2. The van der Waals surface area contributed by atoms with Crippen LogP contribution < -0.4 is 9.44 Å². The first kappa shape index (κ1) is 31.3. The topological polar surface area (TPSA) is 167 Å². The van der Waals surface area contributed by atoms with Gasteiger partial charge in [0.25, 0.3) is 20.0 Å². The Kier molecular flexibility index (Phi) is 8.14. The predicted molar refractivity (Wildman–Crippen MR) is 179 cm³/mol. The van der Waals surface area contributed by atoms with E-state index < -0.39 is 32.0 Å². The minimum absolute atomic E-state index is 0.0332. The highest BCUT2D eigenvalue weighted by Crippen LogP contribution is 2.28. The molecule has 0 aromatic heterocycles. The van der Waals surface area contributed by atoms with E-state index in [9.17, 15) is 36.6 Å². The first-order valence-corrected chi connectivity index (χ1v) is 17.1. The molecule has 0 aliphatic carbocycles. The minimum atomic E-state index is -4.13. The summed E-state index contributed by atoms with van der Waals surface area (Å²) in [4.78, 5) is 24.2. The number of nitrogens with one attached hydrogen (secondary N) is 2. The number of benzene rings is 6. The third kappa shape index (κ3) is 6.64. The first-order chi connectivity index (χ1) is 22.4. The number of hydrogen-bond acceptors (Lipinski definition) is 6. The summed E-state index contributed by atoms with van der Waals surface area (Å²) >= 11 is 0. The SMILES string of the molecule is O=C(O)c1cc(Cc2ccc(NS(=O)(=O)c3ccc4ccccc4c3)c(C(=O)O)c2)ccc1NS(=O)(=O)c1ccc2ccccc2c1. The molecule has 6 aromatic carbocycles. The standard InChI is InChI=1S/C35H26N2O8S2/c38-34(39)30-18-22(9-15-32(30)36-46(42,43)28-13-11-24-5-1-3-7-26(24)20-28)17-23-10-16-33(31(19-23)35(40)41)37-47(44,45)29-14-12-25-6-2-4-8-27(25)21-29/h1-16,18-21,36-37H,17H2,(H,38,39)(H,40,41). The summed E-state index contributed by atoms with van der Waals surface area (Å²) in [6.07, 6.45) is 0.0793. The second-order valence-electron chi connectivity index (χ2n) is 10.8. The fourth-order valence-electron chi connectivity index (χ4n) is 5.25. The molecule has 0 saturated heterocycles. The van der Waals surface area contributed by atoms with Crippen LogP contribution in [0.4, 0.5) is 11.4 Å². The monoisotopic (exact) mass is 666 g/mol. The van der Waals surface area contributed by atoms with E-state index >= 15 is 0 Å². The number of rotatable bonds is 10. The molecule has 0 atom stereocenters. The number of aromatic carboxylic acids is 2. The molecule has 10 nitrogen and oxygen atoms in total. The lowest BCUT2D eigenvalue weighted by Gasteiger charge is -2.14. The fraction of sp³-hybridized carbons (Fsp3) is 0.0286. The van der Waals surface area contributed by atoms with Crippen LogP contribution in [0.2, 0.25) is 0 Å². The van der Waals surface area contributed by atoms with Crippen LogP contribution in [0.3, 0.4) is 0 Å². The molecule has 47 heavy (non-hydrogen) atoms. The number of hydrogen-bond donors (Lipinski definition) is 4. The van der Waals surface area contributed by atoms with Crippen molar-refractivity contribution in [2.24, 2.45) is 0 Å². The molecule has 6 aromatic rings. The van der Waals surface area contributed by atoms with Crippen molar-refractivity contribution in [2.45, 2.75) is 16.2 Å². The molecule has 0 spiro atoms. The summed E-state index contributed by atoms with van der Waals surface area (Å²) in [5, 5.41) is 22.9. The van der Waals surface area contributed by atoms with Crippen LogP contribution in [0, 0.1) is 0 Å². The van der Waals surface area contributed by atoms with Crippen LogP contribution in [-0.4, -0.2) is 39.0 Å². The van der Waals surface area contributed by atoms with Gasteiger partial charge in [0.1, 0.15) is 0 Å².